The molecule has 2 amide bonds. The van der Waals surface area contributed by atoms with E-state index in [1.165, 1.54) is 12.1 Å². The van der Waals surface area contributed by atoms with E-state index in [4.69, 9.17) is 16.3 Å². The van der Waals surface area contributed by atoms with Gasteiger partial charge in [-0.05, 0) is 44.7 Å². The SMILES string of the molecule is CCOC(=O)c1c(NC(=O)c2cc([N+](=O)[O-])ccc2Cl)sc(C(=O)N2CCCCC2)c1C. The molecule has 1 aliphatic heterocycles. The summed E-state index contributed by atoms with van der Waals surface area (Å²) in [6.07, 6.45) is 2.89. The van der Waals surface area contributed by atoms with Gasteiger partial charge in [0.15, 0.2) is 0 Å². The summed E-state index contributed by atoms with van der Waals surface area (Å²) in [5.41, 5.74) is 0.0932. The molecular formula is C21H22ClN3O6S. The number of nitro benzene ring substituents is 1. The van der Waals surface area contributed by atoms with Crippen LogP contribution in [0.1, 0.15) is 62.1 Å². The molecule has 0 unspecified atom stereocenters. The summed E-state index contributed by atoms with van der Waals surface area (Å²) in [5.74, 6) is -1.60. The fourth-order valence-corrected chi connectivity index (χ4v) is 4.83. The molecule has 11 heteroatoms. The van der Waals surface area contributed by atoms with Crippen LogP contribution in [0, 0.1) is 17.0 Å². The van der Waals surface area contributed by atoms with Crippen LogP contribution in [0.4, 0.5) is 10.7 Å². The molecule has 32 heavy (non-hydrogen) atoms. The van der Waals surface area contributed by atoms with E-state index in [0.29, 0.717) is 23.5 Å². The normalized spacial score (nSPS) is 13.5. The van der Waals surface area contributed by atoms with Gasteiger partial charge in [-0.25, -0.2) is 4.79 Å². The Bertz CT molecular complexity index is 1080. The molecule has 2 aromatic rings. The van der Waals surface area contributed by atoms with Gasteiger partial charge < -0.3 is 15.0 Å². The highest BCUT2D eigenvalue weighted by molar-refractivity contribution is 7.18. The first kappa shape index (κ1) is 23.7. The molecule has 0 aliphatic carbocycles. The number of rotatable bonds is 6. The van der Waals surface area contributed by atoms with Crippen molar-refractivity contribution in [1.29, 1.82) is 0 Å². The Morgan fingerprint density at radius 1 is 1.25 bits per heavy atom. The van der Waals surface area contributed by atoms with Gasteiger partial charge in [-0.15, -0.1) is 11.3 Å². The largest absolute Gasteiger partial charge is 0.462 e. The molecule has 1 aromatic carbocycles. The predicted octanol–water partition coefficient (Wildman–Crippen LogP) is 4.67. The number of nitro groups is 1. The van der Waals surface area contributed by atoms with E-state index in [1.54, 1.807) is 18.7 Å². The van der Waals surface area contributed by atoms with Crippen molar-refractivity contribution in [2.24, 2.45) is 0 Å². The maximum atomic E-state index is 13.1. The van der Waals surface area contributed by atoms with E-state index < -0.39 is 16.8 Å². The molecule has 1 aliphatic rings. The monoisotopic (exact) mass is 479 g/mol. The number of hydrogen-bond donors (Lipinski definition) is 1. The molecule has 0 bridgehead atoms. The van der Waals surface area contributed by atoms with Gasteiger partial charge >= 0.3 is 5.97 Å². The van der Waals surface area contributed by atoms with Gasteiger partial charge in [-0.3, -0.25) is 19.7 Å². The molecule has 1 fully saturated rings. The topological polar surface area (TPSA) is 119 Å². The number of thiophene rings is 1. The first-order valence-electron chi connectivity index (χ1n) is 10.1. The standard InChI is InChI=1S/C21H22ClN3O6S/c1-3-31-21(28)16-12(2)17(20(27)24-9-5-4-6-10-24)32-19(16)23-18(26)14-11-13(25(29)30)7-8-15(14)22/h7-8,11H,3-6,9-10H2,1-2H3,(H,23,26). The second-order valence-electron chi connectivity index (χ2n) is 7.21. The maximum Gasteiger partial charge on any atom is 0.341 e. The Morgan fingerprint density at radius 2 is 1.94 bits per heavy atom. The van der Waals surface area contributed by atoms with E-state index in [0.717, 1.165) is 36.7 Å². The lowest BCUT2D eigenvalue weighted by Gasteiger charge is -2.26. The number of halogens is 1. The highest BCUT2D eigenvalue weighted by Crippen LogP contribution is 2.36. The highest BCUT2D eigenvalue weighted by atomic mass is 35.5. The number of hydrogen-bond acceptors (Lipinski definition) is 7. The second-order valence-corrected chi connectivity index (χ2v) is 8.64. The summed E-state index contributed by atoms with van der Waals surface area (Å²) >= 11 is 7.05. The van der Waals surface area contributed by atoms with Gasteiger partial charge in [-0.1, -0.05) is 11.6 Å². The van der Waals surface area contributed by atoms with Crippen molar-refractivity contribution in [2.45, 2.75) is 33.1 Å². The first-order valence-corrected chi connectivity index (χ1v) is 11.3. The molecule has 170 valence electrons. The summed E-state index contributed by atoms with van der Waals surface area (Å²) in [4.78, 5) is 51.1. The number of anilines is 1. The number of benzene rings is 1. The molecule has 0 atom stereocenters. The Morgan fingerprint density at radius 3 is 2.56 bits per heavy atom. The van der Waals surface area contributed by atoms with Crippen molar-refractivity contribution < 1.29 is 24.0 Å². The lowest BCUT2D eigenvalue weighted by atomic mass is 10.1. The van der Waals surface area contributed by atoms with Gasteiger partial charge in [0, 0.05) is 25.2 Å². The minimum absolute atomic E-state index is 0.0173. The molecule has 1 aromatic heterocycles. The number of non-ortho nitro benzene ring substituents is 1. The Labute approximate surface area is 193 Å². The van der Waals surface area contributed by atoms with Crippen molar-refractivity contribution in [2.75, 3.05) is 25.0 Å². The second kappa shape index (κ2) is 10.1. The maximum absolute atomic E-state index is 13.1. The average Bonchev–Trinajstić information content (AvgIpc) is 3.09. The number of amides is 2. The number of esters is 1. The van der Waals surface area contributed by atoms with Crippen LogP contribution in [0.2, 0.25) is 5.02 Å². The van der Waals surface area contributed by atoms with Gasteiger partial charge in [-0.2, -0.15) is 0 Å². The van der Waals surface area contributed by atoms with Crippen molar-refractivity contribution in [1.82, 2.24) is 4.90 Å². The number of carbonyl (C=O) groups is 3. The number of nitrogens with zero attached hydrogens (tertiary/aromatic N) is 2. The van der Waals surface area contributed by atoms with Gasteiger partial charge in [0.25, 0.3) is 17.5 Å². The third-order valence-corrected chi connectivity index (χ3v) is 6.62. The fraction of sp³-hybridized carbons (Fsp3) is 0.381. The van der Waals surface area contributed by atoms with Crippen LogP contribution in [0.25, 0.3) is 0 Å². The van der Waals surface area contributed by atoms with Crippen LogP contribution in [0.15, 0.2) is 18.2 Å². The molecular weight excluding hydrogens is 458 g/mol. The quantitative estimate of drug-likeness (QED) is 0.365. The van der Waals surface area contributed by atoms with Crippen LogP contribution in [-0.4, -0.2) is 47.3 Å². The van der Waals surface area contributed by atoms with E-state index in [2.05, 4.69) is 5.32 Å². The number of piperidine rings is 1. The molecule has 1 saturated heterocycles. The summed E-state index contributed by atoms with van der Waals surface area (Å²) in [7, 11) is 0. The van der Waals surface area contributed by atoms with E-state index in [1.807, 2.05) is 0 Å². The molecule has 3 rings (SSSR count). The minimum Gasteiger partial charge on any atom is -0.462 e. The lowest BCUT2D eigenvalue weighted by Crippen LogP contribution is -2.35. The Balaban J connectivity index is 1.98. The van der Waals surface area contributed by atoms with Crippen LogP contribution in [-0.2, 0) is 4.74 Å². The van der Waals surface area contributed by atoms with Crippen molar-refractivity contribution in [3.05, 3.63) is 54.9 Å². The summed E-state index contributed by atoms with van der Waals surface area (Å²) in [6.45, 7) is 4.68. The van der Waals surface area contributed by atoms with Gasteiger partial charge in [0.2, 0.25) is 0 Å². The first-order chi connectivity index (χ1) is 15.2. The van der Waals surface area contributed by atoms with Crippen LogP contribution < -0.4 is 5.32 Å². The molecule has 0 saturated carbocycles. The molecule has 0 spiro atoms. The zero-order valence-electron chi connectivity index (χ0n) is 17.6. The van der Waals surface area contributed by atoms with E-state index >= 15 is 0 Å². The Kier molecular flexibility index (Phi) is 7.47. The minimum atomic E-state index is -0.734. The van der Waals surface area contributed by atoms with E-state index in [9.17, 15) is 24.5 Å². The third-order valence-electron chi connectivity index (χ3n) is 5.10. The van der Waals surface area contributed by atoms with Crippen LogP contribution >= 0.6 is 22.9 Å². The lowest BCUT2D eigenvalue weighted by molar-refractivity contribution is -0.384. The molecule has 2 heterocycles. The number of carbonyl (C=O) groups excluding carboxylic acids is 3. The summed E-state index contributed by atoms with van der Waals surface area (Å²) in [5, 5.41) is 13.8. The smallest absolute Gasteiger partial charge is 0.341 e. The van der Waals surface area contributed by atoms with Gasteiger partial charge in [0.1, 0.15) is 5.00 Å². The highest BCUT2D eigenvalue weighted by Gasteiger charge is 2.30. The van der Waals surface area contributed by atoms with E-state index in [-0.39, 0.29) is 39.4 Å². The third kappa shape index (κ3) is 4.91. The molecule has 1 N–H and O–H groups in total. The number of ether oxygens (including phenoxy) is 1. The number of likely N-dealkylation sites (tertiary alicyclic amines) is 1. The van der Waals surface area contributed by atoms with Crippen molar-refractivity contribution in [3.8, 4) is 0 Å². The Hall–Kier alpha value is -2.98. The van der Waals surface area contributed by atoms with Crippen molar-refractivity contribution in [3.63, 3.8) is 0 Å². The summed E-state index contributed by atoms with van der Waals surface area (Å²) in [6, 6.07) is 3.50. The summed E-state index contributed by atoms with van der Waals surface area (Å²) < 4.78 is 5.13. The molecule has 9 nitrogen and oxygen atoms in total. The average molecular weight is 480 g/mol. The predicted molar refractivity (Wildman–Crippen MR) is 121 cm³/mol. The zero-order chi connectivity index (χ0) is 23.4. The van der Waals surface area contributed by atoms with Crippen LogP contribution in [0.5, 0.6) is 0 Å². The van der Waals surface area contributed by atoms with Crippen molar-refractivity contribution >= 4 is 51.4 Å². The molecule has 0 radical (unpaired) electrons. The van der Waals surface area contributed by atoms with Crippen LogP contribution in [0.3, 0.4) is 0 Å². The number of nitrogens with one attached hydrogen (secondary N) is 1. The zero-order valence-corrected chi connectivity index (χ0v) is 19.2. The van der Waals surface area contributed by atoms with Gasteiger partial charge in [0.05, 0.1) is 32.6 Å². The fourth-order valence-electron chi connectivity index (χ4n) is 3.47.